The molecule has 1 amide bonds. The normalized spacial score (nSPS) is 20.4. The summed E-state index contributed by atoms with van der Waals surface area (Å²) >= 11 is 0. The Morgan fingerprint density at radius 3 is 2.94 bits per heavy atom. The Bertz CT molecular complexity index is 431. The van der Waals surface area contributed by atoms with Gasteiger partial charge in [-0.3, -0.25) is 4.79 Å². The van der Waals surface area contributed by atoms with Crippen LogP contribution in [-0.4, -0.2) is 41.7 Å². The molecule has 1 unspecified atom stereocenters. The first kappa shape index (κ1) is 11.9. The third-order valence-corrected chi connectivity index (χ3v) is 2.91. The predicted molar refractivity (Wildman–Crippen MR) is 64.2 cm³/mol. The van der Waals surface area contributed by atoms with Crippen LogP contribution in [-0.2, 0) is 4.74 Å². The average molecular weight is 235 g/mol. The molecule has 1 saturated heterocycles. The summed E-state index contributed by atoms with van der Waals surface area (Å²) in [5, 5.41) is 9.78. The van der Waals surface area contributed by atoms with Crippen molar-refractivity contribution in [2.24, 2.45) is 0 Å². The molecule has 0 radical (unpaired) electrons. The molecule has 0 saturated carbocycles. The molecule has 0 aromatic heterocycles. The van der Waals surface area contributed by atoms with E-state index in [2.05, 4.69) is 0 Å². The number of hydrogen-bond acceptors (Lipinski definition) is 3. The lowest BCUT2D eigenvalue weighted by atomic mass is 10.1. The van der Waals surface area contributed by atoms with Crippen LogP contribution in [0.5, 0.6) is 5.75 Å². The van der Waals surface area contributed by atoms with Crippen LogP contribution < -0.4 is 0 Å². The quantitative estimate of drug-likeness (QED) is 0.803. The van der Waals surface area contributed by atoms with Gasteiger partial charge in [0.15, 0.2) is 0 Å². The lowest BCUT2D eigenvalue weighted by Gasteiger charge is -2.31. The van der Waals surface area contributed by atoms with Gasteiger partial charge in [0.25, 0.3) is 5.91 Å². The number of carbonyl (C=O) groups is 1. The monoisotopic (exact) mass is 235 g/mol. The SMILES string of the molecule is Cc1ccc(C(=O)N2CCOC(C)C2)c(O)c1. The molecule has 92 valence electrons. The lowest BCUT2D eigenvalue weighted by molar-refractivity contribution is -0.0125. The third kappa shape index (κ3) is 2.58. The Balaban J connectivity index is 2.18. The minimum Gasteiger partial charge on any atom is -0.507 e. The molecule has 1 atom stereocenters. The predicted octanol–water partition coefficient (Wildman–Crippen LogP) is 1.56. The topological polar surface area (TPSA) is 49.8 Å². The molecule has 0 spiro atoms. The van der Waals surface area contributed by atoms with Crippen molar-refractivity contribution in [1.29, 1.82) is 0 Å². The number of rotatable bonds is 1. The van der Waals surface area contributed by atoms with E-state index < -0.39 is 0 Å². The van der Waals surface area contributed by atoms with Gasteiger partial charge >= 0.3 is 0 Å². The van der Waals surface area contributed by atoms with E-state index in [0.29, 0.717) is 25.3 Å². The molecule has 17 heavy (non-hydrogen) atoms. The highest BCUT2D eigenvalue weighted by atomic mass is 16.5. The van der Waals surface area contributed by atoms with Gasteiger partial charge in [-0.15, -0.1) is 0 Å². The highest BCUT2D eigenvalue weighted by Crippen LogP contribution is 2.21. The number of ether oxygens (including phenoxy) is 1. The van der Waals surface area contributed by atoms with Gasteiger partial charge in [-0.1, -0.05) is 6.07 Å². The molecule has 4 heteroatoms. The largest absolute Gasteiger partial charge is 0.507 e. The zero-order valence-electron chi connectivity index (χ0n) is 10.1. The van der Waals surface area contributed by atoms with E-state index in [1.54, 1.807) is 17.0 Å². The van der Waals surface area contributed by atoms with Gasteiger partial charge in [0.2, 0.25) is 0 Å². The van der Waals surface area contributed by atoms with E-state index in [4.69, 9.17) is 4.74 Å². The smallest absolute Gasteiger partial charge is 0.257 e. The molecule has 1 N–H and O–H groups in total. The number of aryl methyl sites for hydroxylation is 1. The molecule has 1 aliphatic rings. The van der Waals surface area contributed by atoms with Gasteiger partial charge in [0.05, 0.1) is 18.3 Å². The number of phenolic OH excluding ortho intramolecular Hbond substituents is 1. The Morgan fingerprint density at radius 1 is 1.53 bits per heavy atom. The van der Waals surface area contributed by atoms with Crippen LogP contribution in [0.1, 0.15) is 22.8 Å². The molecule has 1 aliphatic heterocycles. The van der Waals surface area contributed by atoms with Gasteiger partial charge in [0, 0.05) is 13.1 Å². The number of phenols is 1. The molecular formula is C13H17NO3. The number of amides is 1. The maximum Gasteiger partial charge on any atom is 0.257 e. The molecule has 0 aliphatic carbocycles. The number of nitrogens with zero attached hydrogens (tertiary/aromatic N) is 1. The van der Waals surface area contributed by atoms with Crippen LogP contribution in [0.2, 0.25) is 0 Å². The third-order valence-electron chi connectivity index (χ3n) is 2.91. The molecule has 2 rings (SSSR count). The fourth-order valence-corrected chi connectivity index (χ4v) is 2.00. The van der Waals surface area contributed by atoms with Crippen LogP contribution in [0.4, 0.5) is 0 Å². The minimum atomic E-state index is -0.127. The van der Waals surface area contributed by atoms with Crippen molar-refractivity contribution in [3.63, 3.8) is 0 Å². The molecule has 1 aromatic carbocycles. The zero-order chi connectivity index (χ0) is 12.4. The number of aromatic hydroxyl groups is 1. The molecule has 1 fully saturated rings. The van der Waals surface area contributed by atoms with E-state index in [1.807, 2.05) is 19.9 Å². The van der Waals surface area contributed by atoms with Gasteiger partial charge in [0.1, 0.15) is 5.75 Å². The fraction of sp³-hybridized carbons (Fsp3) is 0.462. The summed E-state index contributed by atoms with van der Waals surface area (Å²) in [6.07, 6.45) is 0.0558. The molecule has 1 heterocycles. The van der Waals surface area contributed by atoms with E-state index in [-0.39, 0.29) is 17.8 Å². The van der Waals surface area contributed by atoms with Crippen LogP contribution >= 0.6 is 0 Å². The van der Waals surface area contributed by atoms with Crippen molar-refractivity contribution < 1.29 is 14.6 Å². The van der Waals surface area contributed by atoms with Crippen molar-refractivity contribution in [2.45, 2.75) is 20.0 Å². The van der Waals surface area contributed by atoms with E-state index in [1.165, 1.54) is 0 Å². The van der Waals surface area contributed by atoms with Gasteiger partial charge in [-0.2, -0.15) is 0 Å². The second-order valence-electron chi connectivity index (χ2n) is 4.45. The second-order valence-corrected chi connectivity index (χ2v) is 4.45. The maximum atomic E-state index is 12.2. The van der Waals surface area contributed by atoms with Gasteiger partial charge < -0.3 is 14.7 Å². The number of carbonyl (C=O) groups excluding carboxylic acids is 1. The molecular weight excluding hydrogens is 218 g/mol. The van der Waals surface area contributed by atoms with E-state index in [0.717, 1.165) is 5.56 Å². The highest BCUT2D eigenvalue weighted by molar-refractivity contribution is 5.97. The Kier molecular flexibility index (Phi) is 3.33. The first-order chi connectivity index (χ1) is 8.08. The lowest BCUT2D eigenvalue weighted by Crippen LogP contribution is -2.44. The van der Waals surface area contributed by atoms with Crippen molar-refractivity contribution in [2.75, 3.05) is 19.7 Å². The van der Waals surface area contributed by atoms with Crippen LogP contribution in [0.15, 0.2) is 18.2 Å². The maximum absolute atomic E-state index is 12.2. The average Bonchev–Trinajstić information content (AvgIpc) is 2.28. The van der Waals surface area contributed by atoms with Crippen molar-refractivity contribution in [1.82, 2.24) is 4.90 Å². The number of hydrogen-bond donors (Lipinski definition) is 1. The first-order valence-corrected chi connectivity index (χ1v) is 5.78. The number of benzene rings is 1. The van der Waals surface area contributed by atoms with Gasteiger partial charge in [-0.25, -0.2) is 0 Å². The van der Waals surface area contributed by atoms with Gasteiger partial charge in [-0.05, 0) is 31.5 Å². The minimum absolute atomic E-state index is 0.0501. The van der Waals surface area contributed by atoms with Crippen molar-refractivity contribution in [3.05, 3.63) is 29.3 Å². The Morgan fingerprint density at radius 2 is 2.29 bits per heavy atom. The molecule has 0 bridgehead atoms. The summed E-state index contributed by atoms with van der Waals surface area (Å²) in [4.78, 5) is 13.9. The van der Waals surface area contributed by atoms with E-state index >= 15 is 0 Å². The summed E-state index contributed by atoms with van der Waals surface area (Å²) in [5.74, 6) is -0.0770. The standard InChI is InChI=1S/C13H17NO3/c1-9-3-4-11(12(15)7-9)13(16)14-5-6-17-10(2)8-14/h3-4,7,10,15H,5-6,8H2,1-2H3. The molecule has 1 aromatic rings. The summed E-state index contributed by atoms with van der Waals surface area (Å²) in [6.45, 7) is 5.53. The first-order valence-electron chi connectivity index (χ1n) is 5.78. The van der Waals surface area contributed by atoms with Crippen LogP contribution in [0.3, 0.4) is 0 Å². The van der Waals surface area contributed by atoms with Crippen molar-refractivity contribution >= 4 is 5.91 Å². The fourth-order valence-electron chi connectivity index (χ4n) is 2.00. The summed E-state index contributed by atoms with van der Waals surface area (Å²) in [5.41, 5.74) is 1.30. The molecule has 4 nitrogen and oxygen atoms in total. The zero-order valence-corrected chi connectivity index (χ0v) is 10.1. The van der Waals surface area contributed by atoms with Crippen LogP contribution in [0.25, 0.3) is 0 Å². The summed E-state index contributed by atoms with van der Waals surface area (Å²) < 4.78 is 5.39. The van der Waals surface area contributed by atoms with E-state index in [9.17, 15) is 9.90 Å². The Labute approximate surface area is 101 Å². The summed E-state index contributed by atoms with van der Waals surface area (Å²) in [6, 6.07) is 5.11. The van der Waals surface area contributed by atoms with Crippen molar-refractivity contribution in [3.8, 4) is 5.75 Å². The Hall–Kier alpha value is -1.55. The van der Waals surface area contributed by atoms with Crippen LogP contribution in [0, 0.1) is 6.92 Å². The second kappa shape index (κ2) is 4.75. The number of morpholine rings is 1. The highest BCUT2D eigenvalue weighted by Gasteiger charge is 2.24. The summed E-state index contributed by atoms with van der Waals surface area (Å²) in [7, 11) is 0.